The van der Waals surface area contributed by atoms with Crippen LogP contribution >= 0.6 is 0 Å². The van der Waals surface area contributed by atoms with E-state index in [2.05, 4.69) is 10.1 Å². The normalized spacial score (nSPS) is 13.6. The van der Waals surface area contributed by atoms with Gasteiger partial charge in [-0.05, 0) is 55.0 Å². The van der Waals surface area contributed by atoms with Crippen LogP contribution in [0.15, 0.2) is 48.5 Å². The zero-order valence-electron chi connectivity index (χ0n) is 16.7. The van der Waals surface area contributed by atoms with E-state index in [1.165, 1.54) is 12.1 Å². The summed E-state index contributed by atoms with van der Waals surface area (Å²) in [5.74, 6) is -1.44. The minimum atomic E-state index is -4.81. The molecule has 32 heavy (non-hydrogen) atoms. The van der Waals surface area contributed by atoms with Gasteiger partial charge in [0.1, 0.15) is 11.5 Å². The van der Waals surface area contributed by atoms with Crippen molar-refractivity contribution in [2.45, 2.75) is 19.2 Å². The SMILES string of the molecule is O=C(COC(=O)COc1ccc(N2CCCC2=O)cc1)Nc1ccc(OC(F)(F)F)cc1. The largest absolute Gasteiger partial charge is 0.573 e. The van der Waals surface area contributed by atoms with Crippen LogP contribution in [0.3, 0.4) is 0 Å². The van der Waals surface area contributed by atoms with E-state index in [1.807, 2.05) is 0 Å². The monoisotopic (exact) mass is 452 g/mol. The summed E-state index contributed by atoms with van der Waals surface area (Å²) in [4.78, 5) is 37.0. The number of ether oxygens (including phenoxy) is 3. The van der Waals surface area contributed by atoms with Gasteiger partial charge in [-0.2, -0.15) is 0 Å². The van der Waals surface area contributed by atoms with E-state index < -0.39 is 37.2 Å². The zero-order valence-corrected chi connectivity index (χ0v) is 16.7. The summed E-state index contributed by atoms with van der Waals surface area (Å²) in [6.07, 6.45) is -3.47. The second-order valence-corrected chi connectivity index (χ2v) is 6.71. The van der Waals surface area contributed by atoms with Crippen molar-refractivity contribution in [3.05, 3.63) is 48.5 Å². The first-order valence-electron chi connectivity index (χ1n) is 9.54. The molecule has 8 nitrogen and oxygen atoms in total. The molecule has 170 valence electrons. The molecule has 0 bridgehead atoms. The highest BCUT2D eigenvalue weighted by Crippen LogP contribution is 2.25. The molecule has 1 aliphatic rings. The number of carbonyl (C=O) groups is 3. The van der Waals surface area contributed by atoms with Crippen LogP contribution in [0.25, 0.3) is 0 Å². The van der Waals surface area contributed by atoms with Crippen molar-refractivity contribution in [3.63, 3.8) is 0 Å². The van der Waals surface area contributed by atoms with E-state index in [4.69, 9.17) is 9.47 Å². The molecule has 2 aromatic rings. The molecule has 0 radical (unpaired) electrons. The predicted molar refractivity (Wildman–Crippen MR) is 106 cm³/mol. The number of hydrogen-bond donors (Lipinski definition) is 1. The molecule has 0 saturated carbocycles. The topological polar surface area (TPSA) is 94.2 Å². The van der Waals surface area contributed by atoms with E-state index in [1.54, 1.807) is 29.2 Å². The molecule has 0 atom stereocenters. The molecule has 1 aliphatic heterocycles. The van der Waals surface area contributed by atoms with Gasteiger partial charge >= 0.3 is 12.3 Å². The van der Waals surface area contributed by atoms with Crippen molar-refractivity contribution in [1.82, 2.24) is 0 Å². The quantitative estimate of drug-likeness (QED) is 0.618. The number of alkyl halides is 3. The van der Waals surface area contributed by atoms with E-state index >= 15 is 0 Å². The number of esters is 1. The Bertz CT molecular complexity index is 961. The number of benzene rings is 2. The van der Waals surface area contributed by atoms with Gasteiger partial charge in [-0.1, -0.05) is 0 Å². The van der Waals surface area contributed by atoms with Gasteiger partial charge in [0.05, 0.1) is 0 Å². The maximum absolute atomic E-state index is 12.1. The highest BCUT2D eigenvalue weighted by Gasteiger charge is 2.31. The maximum Gasteiger partial charge on any atom is 0.573 e. The summed E-state index contributed by atoms with van der Waals surface area (Å²) in [7, 11) is 0. The lowest BCUT2D eigenvalue weighted by Crippen LogP contribution is -2.24. The zero-order chi connectivity index (χ0) is 23.1. The van der Waals surface area contributed by atoms with Crippen molar-refractivity contribution in [2.75, 3.05) is 30.0 Å². The summed E-state index contributed by atoms with van der Waals surface area (Å²) >= 11 is 0. The van der Waals surface area contributed by atoms with Gasteiger partial charge in [0.2, 0.25) is 5.91 Å². The first kappa shape index (κ1) is 22.9. The van der Waals surface area contributed by atoms with E-state index in [0.717, 1.165) is 24.2 Å². The number of anilines is 2. The third kappa shape index (κ3) is 6.89. The smallest absolute Gasteiger partial charge is 0.482 e. The highest BCUT2D eigenvalue weighted by atomic mass is 19.4. The Morgan fingerprint density at radius 1 is 0.969 bits per heavy atom. The first-order chi connectivity index (χ1) is 15.2. The molecule has 1 N–H and O–H groups in total. The Labute approximate surface area is 180 Å². The lowest BCUT2D eigenvalue weighted by molar-refractivity contribution is -0.274. The summed E-state index contributed by atoms with van der Waals surface area (Å²) in [6, 6.07) is 11.2. The third-order valence-corrected chi connectivity index (χ3v) is 4.31. The summed E-state index contributed by atoms with van der Waals surface area (Å²) in [5, 5.41) is 2.37. The molecule has 1 heterocycles. The molecule has 0 aliphatic carbocycles. The van der Waals surface area contributed by atoms with Crippen molar-refractivity contribution in [3.8, 4) is 11.5 Å². The van der Waals surface area contributed by atoms with Gasteiger partial charge in [-0.15, -0.1) is 13.2 Å². The van der Waals surface area contributed by atoms with Crippen LogP contribution in [0.5, 0.6) is 11.5 Å². The number of amides is 2. The summed E-state index contributed by atoms with van der Waals surface area (Å²) in [5.41, 5.74) is 0.950. The number of nitrogens with one attached hydrogen (secondary N) is 1. The van der Waals surface area contributed by atoms with Gasteiger partial charge < -0.3 is 24.4 Å². The lowest BCUT2D eigenvalue weighted by atomic mass is 10.3. The number of hydrogen-bond acceptors (Lipinski definition) is 6. The van der Waals surface area contributed by atoms with Crippen molar-refractivity contribution in [2.24, 2.45) is 0 Å². The fraction of sp³-hybridized carbons (Fsp3) is 0.286. The van der Waals surface area contributed by atoms with Crippen LogP contribution < -0.4 is 19.7 Å². The van der Waals surface area contributed by atoms with Gasteiger partial charge in [-0.3, -0.25) is 9.59 Å². The molecule has 0 aromatic heterocycles. The molecule has 11 heteroatoms. The Morgan fingerprint density at radius 3 is 2.22 bits per heavy atom. The second-order valence-electron chi connectivity index (χ2n) is 6.71. The standard InChI is InChI=1S/C21H19F3N2O6/c22-21(23,24)32-17-7-3-14(4-8-17)25-18(27)12-31-20(29)13-30-16-9-5-15(6-10-16)26-11-1-2-19(26)28/h3-10H,1-2,11-13H2,(H,25,27). The summed E-state index contributed by atoms with van der Waals surface area (Å²) in [6.45, 7) is -0.364. The van der Waals surface area contributed by atoms with Gasteiger partial charge in [0, 0.05) is 24.3 Å². The van der Waals surface area contributed by atoms with Crippen LogP contribution in [-0.4, -0.2) is 43.9 Å². The van der Waals surface area contributed by atoms with Crippen LogP contribution in [-0.2, 0) is 19.1 Å². The average Bonchev–Trinajstić information content (AvgIpc) is 3.17. The Kier molecular flexibility index (Phi) is 7.18. The molecular formula is C21H19F3N2O6. The average molecular weight is 452 g/mol. The van der Waals surface area contributed by atoms with Gasteiger partial charge in [0.15, 0.2) is 13.2 Å². The Hall–Kier alpha value is -3.76. The van der Waals surface area contributed by atoms with E-state index in [0.29, 0.717) is 18.7 Å². The lowest BCUT2D eigenvalue weighted by Gasteiger charge is -2.16. The van der Waals surface area contributed by atoms with Crippen LogP contribution in [0, 0.1) is 0 Å². The van der Waals surface area contributed by atoms with Crippen LogP contribution in [0.1, 0.15) is 12.8 Å². The number of halogens is 3. The van der Waals surface area contributed by atoms with Crippen molar-refractivity contribution in [1.29, 1.82) is 0 Å². The van der Waals surface area contributed by atoms with Crippen molar-refractivity contribution < 1.29 is 41.8 Å². The minimum Gasteiger partial charge on any atom is -0.482 e. The molecule has 0 spiro atoms. The Morgan fingerprint density at radius 2 is 1.62 bits per heavy atom. The van der Waals surface area contributed by atoms with Gasteiger partial charge in [0.25, 0.3) is 5.91 Å². The molecule has 3 rings (SSSR count). The molecule has 0 unspecified atom stereocenters. The minimum absolute atomic E-state index is 0.0612. The van der Waals surface area contributed by atoms with Crippen LogP contribution in [0.2, 0.25) is 0 Å². The first-order valence-corrected chi connectivity index (χ1v) is 9.54. The highest BCUT2D eigenvalue weighted by molar-refractivity contribution is 5.95. The molecule has 2 amide bonds. The fourth-order valence-corrected chi connectivity index (χ4v) is 2.91. The van der Waals surface area contributed by atoms with E-state index in [-0.39, 0.29) is 11.6 Å². The summed E-state index contributed by atoms with van der Waals surface area (Å²) < 4.78 is 50.2. The van der Waals surface area contributed by atoms with Gasteiger partial charge in [-0.25, -0.2) is 4.79 Å². The van der Waals surface area contributed by atoms with Crippen molar-refractivity contribution >= 4 is 29.2 Å². The number of rotatable bonds is 8. The fourth-order valence-electron chi connectivity index (χ4n) is 2.91. The maximum atomic E-state index is 12.1. The molecule has 2 aromatic carbocycles. The Balaban J connectivity index is 1.38. The number of nitrogens with zero attached hydrogens (tertiary/aromatic N) is 1. The second kappa shape index (κ2) is 10.0. The number of carbonyl (C=O) groups excluding carboxylic acids is 3. The molecular weight excluding hydrogens is 433 g/mol. The molecule has 1 saturated heterocycles. The van der Waals surface area contributed by atoms with E-state index in [9.17, 15) is 27.6 Å². The van der Waals surface area contributed by atoms with Crippen LogP contribution in [0.4, 0.5) is 24.5 Å². The predicted octanol–water partition coefficient (Wildman–Crippen LogP) is 3.27. The molecule has 1 fully saturated rings. The third-order valence-electron chi connectivity index (χ3n) is 4.31.